The van der Waals surface area contributed by atoms with Crippen LogP contribution in [0.3, 0.4) is 0 Å². The van der Waals surface area contributed by atoms with Crippen molar-refractivity contribution in [1.82, 2.24) is 0 Å². The van der Waals surface area contributed by atoms with Crippen LogP contribution in [0.25, 0.3) is 0 Å². The molecule has 19 heavy (non-hydrogen) atoms. The van der Waals surface area contributed by atoms with Crippen molar-refractivity contribution in [3.63, 3.8) is 0 Å². The van der Waals surface area contributed by atoms with E-state index in [0.717, 1.165) is 0 Å². The van der Waals surface area contributed by atoms with Crippen molar-refractivity contribution in [3.8, 4) is 5.75 Å². The van der Waals surface area contributed by atoms with Crippen molar-refractivity contribution in [2.24, 2.45) is 0 Å². The van der Waals surface area contributed by atoms with Gasteiger partial charge in [-0.2, -0.15) is 0 Å². The average molecular weight is 281 g/mol. The molecule has 1 aliphatic heterocycles. The highest BCUT2D eigenvalue weighted by Crippen LogP contribution is 2.28. The SMILES string of the molecule is COc1ccc(C(=O)CC2OC(=O)C(Cl)=C2C)cc1. The van der Waals surface area contributed by atoms with Gasteiger partial charge in [0.15, 0.2) is 5.78 Å². The van der Waals surface area contributed by atoms with Crippen LogP contribution >= 0.6 is 11.6 Å². The van der Waals surface area contributed by atoms with Gasteiger partial charge in [0.1, 0.15) is 16.9 Å². The molecule has 0 aliphatic carbocycles. The second kappa shape index (κ2) is 5.45. The molecule has 0 radical (unpaired) electrons. The van der Waals surface area contributed by atoms with Crippen molar-refractivity contribution in [1.29, 1.82) is 0 Å². The Morgan fingerprint density at radius 2 is 2.00 bits per heavy atom. The van der Waals surface area contributed by atoms with Crippen molar-refractivity contribution in [2.75, 3.05) is 7.11 Å². The zero-order valence-electron chi connectivity index (χ0n) is 10.6. The highest BCUT2D eigenvalue weighted by atomic mass is 35.5. The zero-order valence-corrected chi connectivity index (χ0v) is 11.4. The fourth-order valence-corrected chi connectivity index (χ4v) is 2.00. The molecular formula is C14H13ClO4. The summed E-state index contributed by atoms with van der Waals surface area (Å²) in [5.74, 6) is 0.0147. The van der Waals surface area contributed by atoms with Crippen LogP contribution < -0.4 is 4.74 Å². The summed E-state index contributed by atoms with van der Waals surface area (Å²) < 4.78 is 10.1. The number of halogens is 1. The Hall–Kier alpha value is -1.81. The fraction of sp³-hybridized carbons (Fsp3) is 0.286. The second-order valence-corrected chi connectivity index (χ2v) is 4.62. The topological polar surface area (TPSA) is 52.6 Å². The fourth-order valence-electron chi connectivity index (χ4n) is 1.83. The molecule has 1 aromatic carbocycles. The van der Waals surface area contributed by atoms with E-state index in [9.17, 15) is 9.59 Å². The predicted molar refractivity (Wildman–Crippen MR) is 70.4 cm³/mol. The molecule has 0 N–H and O–H groups in total. The third-order valence-corrected chi connectivity index (χ3v) is 3.49. The van der Waals surface area contributed by atoms with Crippen LogP contribution in [0, 0.1) is 0 Å². The van der Waals surface area contributed by atoms with Gasteiger partial charge in [-0.05, 0) is 36.8 Å². The summed E-state index contributed by atoms with van der Waals surface area (Å²) in [4.78, 5) is 23.3. The maximum atomic E-state index is 12.1. The first-order valence-corrected chi connectivity index (χ1v) is 6.15. The molecular weight excluding hydrogens is 268 g/mol. The van der Waals surface area contributed by atoms with Crippen LogP contribution in [0.5, 0.6) is 5.75 Å². The van der Waals surface area contributed by atoms with E-state index in [1.807, 2.05) is 0 Å². The standard InChI is InChI=1S/C14H13ClO4/c1-8-12(19-14(17)13(8)15)7-11(16)9-3-5-10(18-2)6-4-9/h3-6,12H,7H2,1-2H3. The zero-order chi connectivity index (χ0) is 14.0. The number of carbonyl (C=O) groups is 2. The molecule has 1 aromatic rings. The summed E-state index contributed by atoms with van der Waals surface area (Å²) in [5, 5.41) is 0.0764. The number of ketones is 1. The number of cyclic esters (lactones) is 1. The monoisotopic (exact) mass is 280 g/mol. The average Bonchev–Trinajstić information content (AvgIpc) is 2.66. The Morgan fingerprint density at radius 1 is 1.37 bits per heavy atom. The van der Waals surface area contributed by atoms with Crippen LogP contribution in [-0.2, 0) is 9.53 Å². The van der Waals surface area contributed by atoms with Gasteiger partial charge in [0.05, 0.1) is 13.5 Å². The summed E-state index contributed by atoms with van der Waals surface area (Å²) in [6, 6.07) is 6.78. The van der Waals surface area contributed by atoms with Gasteiger partial charge in [0.2, 0.25) is 0 Å². The van der Waals surface area contributed by atoms with Gasteiger partial charge in [-0.25, -0.2) is 4.79 Å². The van der Waals surface area contributed by atoms with E-state index in [-0.39, 0.29) is 17.2 Å². The Balaban J connectivity index is 2.07. The van der Waals surface area contributed by atoms with Gasteiger partial charge >= 0.3 is 5.97 Å². The number of esters is 1. The summed E-state index contributed by atoms with van der Waals surface area (Å²) in [6.07, 6.45) is -0.463. The summed E-state index contributed by atoms with van der Waals surface area (Å²) in [7, 11) is 1.56. The molecule has 0 spiro atoms. The quantitative estimate of drug-likeness (QED) is 0.628. The molecule has 0 saturated carbocycles. The first-order valence-electron chi connectivity index (χ1n) is 5.77. The van der Waals surface area contributed by atoms with Crippen LogP contribution in [0.2, 0.25) is 0 Å². The highest BCUT2D eigenvalue weighted by molar-refractivity contribution is 6.42. The minimum atomic E-state index is -0.563. The van der Waals surface area contributed by atoms with Gasteiger partial charge in [0.25, 0.3) is 0 Å². The second-order valence-electron chi connectivity index (χ2n) is 4.25. The van der Waals surface area contributed by atoms with Crippen LogP contribution in [0.15, 0.2) is 34.9 Å². The maximum absolute atomic E-state index is 12.1. The number of methoxy groups -OCH3 is 1. The van der Waals surface area contributed by atoms with Crippen molar-refractivity contribution in [3.05, 3.63) is 40.4 Å². The summed E-state index contributed by atoms with van der Waals surface area (Å²) in [6.45, 7) is 1.69. The lowest BCUT2D eigenvalue weighted by Gasteiger charge is -2.10. The molecule has 0 aromatic heterocycles. The molecule has 0 fully saturated rings. The van der Waals surface area contributed by atoms with Crippen LogP contribution in [0.4, 0.5) is 0 Å². The predicted octanol–water partition coefficient (Wildman–Crippen LogP) is 2.71. The van der Waals surface area contributed by atoms with Gasteiger partial charge in [-0.1, -0.05) is 11.6 Å². The van der Waals surface area contributed by atoms with Crippen molar-refractivity contribution < 1.29 is 19.1 Å². The Kier molecular flexibility index (Phi) is 3.90. The van der Waals surface area contributed by atoms with Gasteiger partial charge in [-0.15, -0.1) is 0 Å². The first-order chi connectivity index (χ1) is 9.02. The molecule has 5 heteroatoms. The van der Waals surface area contributed by atoms with Crippen LogP contribution in [-0.4, -0.2) is 25.0 Å². The third-order valence-electron chi connectivity index (χ3n) is 3.04. The van der Waals surface area contributed by atoms with Gasteiger partial charge < -0.3 is 9.47 Å². The molecule has 0 bridgehead atoms. The number of benzene rings is 1. The van der Waals surface area contributed by atoms with Gasteiger partial charge in [0, 0.05) is 5.56 Å². The maximum Gasteiger partial charge on any atom is 0.350 e. The number of hydrogen-bond donors (Lipinski definition) is 0. The molecule has 4 nitrogen and oxygen atoms in total. The molecule has 100 valence electrons. The molecule has 1 unspecified atom stereocenters. The molecule has 1 aliphatic rings. The molecule has 1 atom stereocenters. The Bertz CT molecular complexity index is 545. The number of rotatable bonds is 4. The molecule has 2 rings (SSSR count). The summed E-state index contributed by atoms with van der Waals surface area (Å²) in [5.41, 5.74) is 1.15. The van der Waals surface area contributed by atoms with E-state index in [4.69, 9.17) is 21.1 Å². The third kappa shape index (κ3) is 2.79. The Morgan fingerprint density at radius 3 is 2.47 bits per heavy atom. The van der Waals surface area contributed by atoms with Crippen LogP contribution in [0.1, 0.15) is 23.7 Å². The largest absolute Gasteiger partial charge is 0.497 e. The number of hydrogen-bond acceptors (Lipinski definition) is 4. The van der Waals surface area contributed by atoms with Crippen molar-refractivity contribution in [2.45, 2.75) is 19.4 Å². The van der Waals surface area contributed by atoms with E-state index < -0.39 is 12.1 Å². The smallest absolute Gasteiger partial charge is 0.350 e. The van der Waals surface area contributed by atoms with E-state index in [0.29, 0.717) is 16.9 Å². The Labute approximate surface area is 116 Å². The molecule has 1 heterocycles. The highest BCUT2D eigenvalue weighted by Gasteiger charge is 2.31. The lowest BCUT2D eigenvalue weighted by atomic mass is 10.0. The van der Waals surface area contributed by atoms with Crippen molar-refractivity contribution >= 4 is 23.4 Å². The van der Waals surface area contributed by atoms with Gasteiger partial charge in [-0.3, -0.25) is 4.79 Å². The number of Topliss-reactive ketones (excluding diaryl/α,β-unsaturated/α-hetero) is 1. The van der Waals surface area contributed by atoms with E-state index in [2.05, 4.69) is 0 Å². The number of ether oxygens (including phenoxy) is 2. The molecule has 0 saturated heterocycles. The minimum Gasteiger partial charge on any atom is -0.497 e. The normalized spacial score (nSPS) is 18.5. The van der Waals surface area contributed by atoms with E-state index in [1.165, 1.54) is 0 Å². The summed E-state index contributed by atoms with van der Waals surface area (Å²) >= 11 is 5.75. The molecule has 0 amide bonds. The minimum absolute atomic E-state index is 0.0764. The first kappa shape index (κ1) is 13.6. The van der Waals surface area contributed by atoms with E-state index in [1.54, 1.807) is 38.3 Å². The number of carbonyl (C=O) groups excluding carboxylic acids is 2. The lowest BCUT2D eigenvalue weighted by Crippen LogP contribution is -2.16. The lowest BCUT2D eigenvalue weighted by molar-refractivity contribution is -0.138. The van der Waals surface area contributed by atoms with E-state index >= 15 is 0 Å².